The van der Waals surface area contributed by atoms with Crippen molar-refractivity contribution in [3.05, 3.63) is 47.3 Å². The summed E-state index contributed by atoms with van der Waals surface area (Å²) in [6, 6.07) is 9.07. The van der Waals surface area contributed by atoms with Crippen LogP contribution in [0.4, 0.5) is 0 Å². The van der Waals surface area contributed by atoms with E-state index in [4.69, 9.17) is 4.74 Å². The van der Waals surface area contributed by atoms with Crippen LogP contribution in [0, 0.1) is 6.92 Å². The highest BCUT2D eigenvalue weighted by Gasteiger charge is 2.12. The second kappa shape index (κ2) is 7.44. The minimum atomic E-state index is -0.326. The van der Waals surface area contributed by atoms with Gasteiger partial charge in [-0.15, -0.1) is 0 Å². The summed E-state index contributed by atoms with van der Waals surface area (Å²) in [6.45, 7) is 2.11. The van der Waals surface area contributed by atoms with Gasteiger partial charge in [-0.2, -0.15) is 5.10 Å². The van der Waals surface area contributed by atoms with E-state index >= 15 is 0 Å². The second-order valence-corrected chi connectivity index (χ2v) is 5.10. The summed E-state index contributed by atoms with van der Waals surface area (Å²) in [5, 5.41) is 9.42. The number of methoxy groups -OCH3 is 1. The van der Waals surface area contributed by atoms with E-state index in [0.29, 0.717) is 12.2 Å². The zero-order valence-corrected chi connectivity index (χ0v) is 13.4. The van der Waals surface area contributed by atoms with Crippen molar-refractivity contribution >= 4 is 11.8 Å². The highest BCUT2D eigenvalue weighted by atomic mass is 16.5. The summed E-state index contributed by atoms with van der Waals surface area (Å²) in [6.07, 6.45) is 0. The van der Waals surface area contributed by atoms with Crippen LogP contribution in [0.2, 0.25) is 0 Å². The van der Waals surface area contributed by atoms with Crippen LogP contribution >= 0.6 is 0 Å². The lowest BCUT2D eigenvalue weighted by Crippen LogP contribution is -2.37. The zero-order valence-electron chi connectivity index (χ0n) is 13.4. The molecule has 23 heavy (non-hydrogen) atoms. The number of amides is 2. The summed E-state index contributed by atoms with van der Waals surface area (Å²) in [4.78, 5) is 23.8. The first-order valence-electron chi connectivity index (χ1n) is 7.18. The van der Waals surface area contributed by atoms with Crippen molar-refractivity contribution in [2.75, 3.05) is 13.7 Å². The molecule has 0 saturated heterocycles. The molecule has 1 aromatic carbocycles. The molecule has 1 heterocycles. The van der Waals surface area contributed by atoms with Gasteiger partial charge in [0.1, 0.15) is 11.4 Å². The van der Waals surface area contributed by atoms with Crippen molar-refractivity contribution < 1.29 is 14.3 Å². The Hall–Kier alpha value is -2.83. The van der Waals surface area contributed by atoms with Crippen molar-refractivity contribution in [1.29, 1.82) is 0 Å². The van der Waals surface area contributed by atoms with Gasteiger partial charge in [0.25, 0.3) is 5.91 Å². The molecular formula is C16H20N4O3. The van der Waals surface area contributed by atoms with Crippen molar-refractivity contribution in [2.24, 2.45) is 7.05 Å². The summed E-state index contributed by atoms with van der Waals surface area (Å²) in [5.41, 5.74) is 2.12. The first kappa shape index (κ1) is 16.5. The predicted molar refractivity (Wildman–Crippen MR) is 85.1 cm³/mol. The fraction of sp³-hybridized carbons (Fsp3) is 0.312. The number of nitrogens with one attached hydrogen (secondary N) is 2. The van der Waals surface area contributed by atoms with Crippen LogP contribution in [0.1, 0.15) is 21.7 Å². The molecule has 0 saturated carbocycles. The number of aromatic nitrogens is 2. The minimum absolute atomic E-state index is 0.0841. The number of ether oxygens (including phenoxy) is 1. The summed E-state index contributed by atoms with van der Waals surface area (Å²) in [5.74, 6) is 0.180. The Morgan fingerprint density at radius 2 is 1.91 bits per heavy atom. The highest BCUT2D eigenvalue weighted by molar-refractivity contribution is 5.95. The molecule has 7 nitrogen and oxygen atoms in total. The van der Waals surface area contributed by atoms with Crippen LogP contribution in [0.25, 0.3) is 0 Å². The first-order valence-corrected chi connectivity index (χ1v) is 7.18. The smallest absolute Gasteiger partial charge is 0.269 e. The van der Waals surface area contributed by atoms with Gasteiger partial charge in [0, 0.05) is 13.6 Å². The van der Waals surface area contributed by atoms with Gasteiger partial charge in [-0.05, 0) is 30.7 Å². The average Bonchev–Trinajstić information content (AvgIpc) is 2.89. The molecule has 2 rings (SSSR count). The molecule has 7 heteroatoms. The number of hydrogen-bond acceptors (Lipinski definition) is 4. The van der Waals surface area contributed by atoms with Crippen molar-refractivity contribution in [2.45, 2.75) is 13.5 Å². The second-order valence-electron chi connectivity index (χ2n) is 5.10. The molecule has 0 radical (unpaired) electrons. The van der Waals surface area contributed by atoms with E-state index < -0.39 is 0 Å². The Morgan fingerprint density at radius 3 is 2.48 bits per heavy atom. The third-order valence-electron chi connectivity index (χ3n) is 3.29. The predicted octanol–water partition coefficient (Wildman–Crippen LogP) is 0.783. The summed E-state index contributed by atoms with van der Waals surface area (Å²) >= 11 is 0. The van der Waals surface area contributed by atoms with Gasteiger partial charge >= 0.3 is 0 Å². The van der Waals surface area contributed by atoms with E-state index in [1.54, 1.807) is 27.1 Å². The quantitative estimate of drug-likeness (QED) is 0.825. The molecule has 0 aliphatic rings. The third-order valence-corrected chi connectivity index (χ3v) is 3.29. The van der Waals surface area contributed by atoms with E-state index in [1.807, 2.05) is 24.3 Å². The number of hydrogen-bond donors (Lipinski definition) is 2. The molecule has 2 aromatic rings. The van der Waals surface area contributed by atoms with Crippen LogP contribution in [-0.4, -0.2) is 35.2 Å². The molecule has 1 aromatic heterocycles. The van der Waals surface area contributed by atoms with E-state index in [9.17, 15) is 9.59 Å². The molecule has 2 N–H and O–H groups in total. The third kappa shape index (κ3) is 4.57. The normalized spacial score (nSPS) is 10.2. The zero-order chi connectivity index (χ0) is 16.8. The topological polar surface area (TPSA) is 85.2 Å². The van der Waals surface area contributed by atoms with Crippen molar-refractivity contribution in [3.63, 3.8) is 0 Å². The van der Waals surface area contributed by atoms with Gasteiger partial charge in [0.05, 0.1) is 19.3 Å². The summed E-state index contributed by atoms with van der Waals surface area (Å²) < 4.78 is 6.56. The van der Waals surface area contributed by atoms with E-state index in [0.717, 1.165) is 17.0 Å². The maximum Gasteiger partial charge on any atom is 0.269 e. The van der Waals surface area contributed by atoms with Gasteiger partial charge < -0.3 is 15.4 Å². The van der Waals surface area contributed by atoms with E-state index in [1.165, 1.54) is 4.68 Å². The molecule has 0 atom stereocenters. The lowest BCUT2D eigenvalue weighted by atomic mass is 10.2. The average molecular weight is 316 g/mol. The van der Waals surface area contributed by atoms with Crippen LogP contribution < -0.4 is 15.4 Å². The van der Waals surface area contributed by atoms with Gasteiger partial charge in [0.15, 0.2) is 0 Å². The molecule has 122 valence electrons. The van der Waals surface area contributed by atoms with Gasteiger partial charge in [-0.25, -0.2) is 0 Å². The van der Waals surface area contributed by atoms with E-state index in [-0.39, 0.29) is 18.4 Å². The lowest BCUT2D eigenvalue weighted by Gasteiger charge is -2.08. The largest absolute Gasteiger partial charge is 0.497 e. The monoisotopic (exact) mass is 316 g/mol. The number of carbonyl (C=O) groups excluding carboxylic acids is 2. The maximum atomic E-state index is 12.0. The number of benzene rings is 1. The Morgan fingerprint density at radius 1 is 1.22 bits per heavy atom. The standard InChI is InChI=1S/C16H20N4O3/c1-11-8-14(20(2)19-11)16(22)18-10-15(21)17-9-12-4-6-13(23-3)7-5-12/h4-8H,9-10H2,1-3H3,(H,17,21)(H,18,22). The maximum absolute atomic E-state index is 12.0. The Balaban J connectivity index is 1.78. The Kier molecular flexibility index (Phi) is 5.35. The van der Waals surface area contributed by atoms with Crippen LogP contribution in [0.3, 0.4) is 0 Å². The van der Waals surface area contributed by atoms with Gasteiger partial charge in [-0.1, -0.05) is 12.1 Å². The van der Waals surface area contributed by atoms with Gasteiger partial charge in [0.2, 0.25) is 5.91 Å². The highest BCUT2D eigenvalue weighted by Crippen LogP contribution is 2.10. The fourth-order valence-electron chi connectivity index (χ4n) is 2.08. The molecule has 0 aliphatic heterocycles. The SMILES string of the molecule is COc1ccc(CNC(=O)CNC(=O)c2cc(C)nn2C)cc1. The number of nitrogens with zero attached hydrogens (tertiary/aromatic N) is 2. The van der Waals surface area contributed by atoms with Crippen molar-refractivity contribution in [1.82, 2.24) is 20.4 Å². The van der Waals surface area contributed by atoms with Crippen molar-refractivity contribution in [3.8, 4) is 5.75 Å². The number of rotatable bonds is 6. The Labute approximate surface area is 134 Å². The fourth-order valence-corrected chi connectivity index (χ4v) is 2.08. The van der Waals surface area contributed by atoms with Crippen LogP contribution in [0.15, 0.2) is 30.3 Å². The number of carbonyl (C=O) groups is 2. The molecule has 0 unspecified atom stereocenters. The van der Waals surface area contributed by atoms with Crippen LogP contribution in [0.5, 0.6) is 5.75 Å². The lowest BCUT2D eigenvalue weighted by molar-refractivity contribution is -0.120. The molecular weight excluding hydrogens is 296 g/mol. The molecule has 0 aliphatic carbocycles. The molecule has 0 bridgehead atoms. The Bertz CT molecular complexity index is 692. The number of aryl methyl sites for hydroxylation is 2. The molecule has 2 amide bonds. The molecule has 0 fully saturated rings. The first-order chi connectivity index (χ1) is 11.0. The van der Waals surface area contributed by atoms with E-state index in [2.05, 4.69) is 15.7 Å². The minimum Gasteiger partial charge on any atom is -0.497 e. The van der Waals surface area contributed by atoms with Crippen LogP contribution in [-0.2, 0) is 18.4 Å². The van der Waals surface area contributed by atoms with Gasteiger partial charge in [-0.3, -0.25) is 14.3 Å². The summed E-state index contributed by atoms with van der Waals surface area (Å²) in [7, 11) is 3.29. The molecule has 0 spiro atoms.